The molecule has 3 N–H and O–H groups in total. The molecule has 0 heterocycles. The van der Waals surface area contributed by atoms with Crippen LogP contribution in [0, 0.1) is 0 Å². The van der Waals surface area contributed by atoms with Gasteiger partial charge in [0, 0.05) is 22.9 Å². The summed E-state index contributed by atoms with van der Waals surface area (Å²) in [7, 11) is 0. The van der Waals surface area contributed by atoms with Crippen molar-refractivity contribution in [3.63, 3.8) is 0 Å². The third-order valence-corrected chi connectivity index (χ3v) is 4.64. The summed E-state index contributed by atoms with van der Waals surface area (Å²) >= 11 is 5.23. The molecule has 1 atom stereocenters. The quantitative estimate of drug-likeness (QED) is 0.629. The lowest BCUT2D eigenvalue weighted by Crippen LogP contribution is -2.34. The van der Waals surface area contributed by atoms with Crippen LogP contribution in [0.5, 0.6) is 0 Å². The summed E-state index contributed by atoms with van der Waals surface area (Å²) in [5, 5.41) is 8.72. The maximum atomic E-state index is 12.4. The molecule has 5 nitrogen and oxygen atoms in total. The van der Waals surface area contributed by atoms with Gasteiger partial charge in [-0.2, -0.15) is 0 Å². The van der Waals surface area contributed by atoms with Crippen molar-refractivity contribution in [2.24, 2.45) is 0 Å². The molecule has 148 valence electrons. The van der Waals surface area contributed by atoms with Crippen LogP contribution in [0.25, 0.3) is 0 Å². The minimum Gasteiger partial charge on any atom is -0.350 e. The Morgan fingerprint density at radius 2 is 1.64 bits per heavy atom. The van der Waals surface area contributed by atoms with Gasteiger partial charge in [0.15, 0.2) is 5.11 Å². The zero-order valence-corrected chi connectivity index (χ0v) is 17.5. The summed E-state index contributed by atoms with van der Waals surface area (Å²) in [6.07, 6.45) is 0.859. The van der Waals surface area contributed by atoms with Gasteiger partial charge in [0.1, 0.15) is 0 Å². The Balaban J connectivity index is 1.98. The molecule has 6 heteroatoms. The number of thiocarbonyl (C=S) groups is 1. The molecule has 0 aliphatic carbocycles. The van der Waals surface area contributed by atoms with E-state index in [2.05, 4.69) is 29.8 Å². The van der Waals surface area contributed by atoms with Gasteiger partial charge in [-0.25, -0.2) is 0 Å². The van der Waals surface area contributed by atoms with E-state index >= 15 is 0 Å². The molecule has 2 rings (SSSR count). The molecular weight excluding hydrogens is 370 g/mol. The van der Waals surface area contributed by atoms with Gasteiger partial charge in [-0.15, -0.1) is 0 Å². The van der Waals surface area contributed by atoms with E-state index in [1.165, 1.54) is 5.56 Å². The van der Waals surface area contributed by atoms with Gasteiger partial charge in [-0.1, -0.05) is 39.0 Å². The van der Waals surface area contributed by atoms with Crippen LogP contribution in [-0.2, 0) is 0 Å². The first-order valence-corrected chi connectivity index (χ1v) is 9.84. The third-order valence-electron chi connectivity index (χ3n) is 4.44. The molecule has 0 aromatic heterocycles. The van der Waals surface area contributed by atoms with Crippen molar-refractivity contribution in [2.75, 3.05) is 5.32 Å². The van der Waals surface area contributed by atoms with E-state index in [9.17, 15) is 9.59 Å². The smallest absolute Gasteiger partial charge is 0.257 e. The van der Waals surface area contributed by atoms with E-state index in [-0.39, 0.29) is 23.0 Å². The standard InChI is InChI=1S/C22H27N3O2S/c1-5-15(4)23-21(27)18-7-6-8-19(13-18)24-22(28)25-20(26)17-11-9-16(10-12-17)14(2)3/h6-15H,5H2,1-4H3,(H,23,27)(H2,24,25,26,28). The number of anilines is 1. The molecule has 0 saturated heterocycles. The fourth-order valence-electron chi connectivity index (χ4n) is 2.50. The Labute approximate surface area is 171 Å². The van der Waals surface area contributed by atoms with Crippen LogP contribution in [0.4, 0.5) is 5.69 Å². The Bertz CT molecular complexity index is 847. The van der Waals surface area contributed by atoms with E-state index in [4.69, 9.17) is 12.2 Å². The molecule has 0 saturated carbocycles. The van der Waals surface area contributed by atoms with E-state index in [1.807, 2.05) is 26.0 Å². The van der Waals surface area contributed by atoms with E-state index in [0.717, 1.165) is 6.42 Å². The van der Waals surface area contributed by atoms with Gasteiger partial charge >= 0.3 is 0 Å². The summed E-state index contributed by atoms with van der Waals surface area (Å²) in [6.45, 7) is 8.18. The highest BCUT2D eigenvalue weighted by Gasteiger charge is 2.11. The van der Waals surface area contributed by atoms with Gasteiger partial charge in [0.05, 0.1) is 0 Å². The second-order valence-electron chi connectivity index (χ2n) is 7.05. The Hall–Kier alpha value is -2.73. The zero-order chi connectivity index (χ0) is 20.7. The predicted octanol–water partition coefficient (Wildman–Crippen LogP) is 4.47. The topological polar surface area (TPSA) is 70.2 Å². The van der Waals surface area contributed by atoms with Gasteiger partial charge in [0.25, 0.3) is 11.8 Å². The molecule has 0 spiro atoms. The van der Waals surface area contributed by atoms with Gasteiger partial charge in [0.2, 0.25) is 0 Å². The molecule has 0 aliphatic rings. The van der Waals surface area contributed by atoms with Crippen molar-refractivity contribution in [3.8, 4) is 0 Å². The fraction of sp³-hybridized carbons (Fsp3) is 0.318. The lowest BCUT2D eigenvalue weighted by molar-refractivity contribution is 0.0937. The molecule has 0 radical (unpaired) electrons. The number of rotatable bonds is 6. The summed E-state index contributed by atoms with van der Waals surface area (Å²) in [4.78, 5) is 24.6. The highest BCUT2D eigenvalue weighted by molar-refractivity contribution is 7.80. The molecule has 28 heavy (non-hydrogen) atoms. The van der Waals surface area contributed by atoms with Crippen LogP contribution < -0.4 is 16.0 Å². The van der Waals surface area contributed by atoms with Crippen LogP contribution in [0.1, 0.15) is 66.3 Å². The zero-order valence-electron chi connectivity index (χ0n) is 16.7. The largest absolute Gasteiger partial charge is 0.350 e. The monoisotopic (exact) mass is 397 g/mol. The summed E-state index contributed by atoms with van der Waals surface area (Å²) < 4.78 is 0. The van der Waals surface area contributed by atoms with Crippen molar-refractivity contribution < 1.29 is 9.59 Å². The molecule has 0 bridgehead atoms. The van der Waals surface area contributed by atoms with Crippen LogP contribution >= 0.6 is 12.2 Å². The predicted molar refractivity (Wildman–Crippen MR) is 118 cm³/mol. The molecule has 0 fully saturated rings. The number of benzene rings is 2. The lowest BCUT2D eigenvalue weighted by atomic mass is 10.0. The first kappa shape index (κ1) is 21.6. The summed E-state index contributed by atoms with van der Waals surface area (Å²) in [6, 6.07) is 14.5. The second kappa shape index (κ2) is 9.99. The van der Waals surface area contributed by atoms with E-state index < -0.39 is 0 Å². The Morgan fingerprint density at radius 1 is 0.964 bits per heavy atom. The van der Waals surface area contributed by atoms with Crippen LogP contribution in [0.15, 0.2) is 48.5 Å². The minimum atomic E-state index is -0.279. The Morgan fingerprint density at radius 3 is 2.25 bits per heavy atom. The fourth-order valence-corrected chi connectivity index (χ4v) is 2.71. The summed E-state index contributed by atoms with van der Waals surface area (Å²) in [5.41, 5.74) is 2.88. The number of hydrogen-bond acceptors (Lipinski definition) is 3. The first-order chi connectivity index (χ1) is 13.3. The highest BCUT2D eigenvalue weighted by Crippen LogP contribution is 2.15. The maximum absolute atomic E-state index is 12.4. The number of hydrogen-bond donors (Lipinski definition) is 3. The van der Waals surface area contributed by atoms with Gasteiger partial charge < -0.3 is 10.6 Å². The number of nitrogens with one attached hydrogen (secondary N) is 3. The lowest BCUT2D eigenvalue weighted by Gasteiger charge is -2.13. The van der Waals surface area contributed by atoms with E-state index in [1.54, 1.807) is 36.4 Å². The SMILES string of the molecule is CCC(C)NC(=O)c1cccc(NC(=S)NC(=O)c2ccc(C(C)C)cc2)c1. The first-order valence-electron chi connectivity index (χ1n) is 9.43. The van der Waals surface area contributed by atoms with Crippen molar-refractivity contribution >= 4 is 34.8 Å². The van der Waals surface area contributed by atoms with E-state index in [0.29, 0.717) is 22.7 Å². The normalized spacial score (nSPS) is 11.6. The Kier molecular flexibility index (Phi) is 7.70. The second-order valence-corrected chi connectivity index (χ2v) is 7.46. The third kappa shape index (κ3) is 6.16. The molecule has 2 aromatic rings. The van der Waals surface area contributed by atoms with Crippen LogP contribution in [0.2, 0.25) is 0 Å². The molecule has 0 aliphatic heterocycles. The highest BCUT2D eigenvalue weighted by atomic mass is 32.1. The van der Waals surface area contributed by atoms with Gasteiger partial charge in [-0.05, 0) is 67.4 Å². The summed E-state index contributed by atoms with van der Waals surface area (Å²) in [5.74, 6) is -0.0127. The van der Waals surface area contributed by atoms with Crippen molar-refractivity contribution in [2.45, 2.75) is 46.1 Å². The van der Waals surface area contributed by atoms with Gasteiger partial charge in [-0.3, -0.25) is 14.9 Å². The average molecular weight is 398 g/mol. The van der Waals surface area contributed by atoms with Crippen LogP contribution in [0.3, 0.4) is 0 Å². The molecule has 2 aromatic carbocycles. The van der Waals surface area contributed by atoms with Crippen molar-refractivity contribution in [1.82, 2.24) is 10.6 Å². The van der Waals surface area contributed by atoms with Crippen molar-refractivity contribution in [3.05, 3.63) is 65.2 Å². The average Bonchev–Trinajstić information content (AvgIpc) is 2.67. The minimum absolute atomic E-state index is 0.103. The maximum Gasteiger partial charge on any atom is 0.257 e. The number of carbonyl (C=O) groups is 2. The number of amides is 2. The molecule has 1 unspecified atom stereocenters. The number of carbonyl (C=O) groups excluding carboxylic acids is 2. The molecule has 2 amide bonds. The van der Waals surface area contributed by atoms with Crippen molar-refractivity contribution in [1.29, 1.82) is 0 Å². The van der Waals surface area contributed by atoms with Crippen LogP contribution in [-0.4, -0.2) is 23.0 Å². The molecular formula is C22H27N3O2S.